The van der Waals surface area contributed by atoms with Gasteiger partial charge in [0.05, 0.1) is 16.3 Å². The van der Waals surface area contributed by atoms with Crippen molar-refractivity contribution in [3.8, 4) is 0 Å². The summed E-state index contributed by atoms with van der Waals surface area (Å²) in [6.07, 6.45) is 3.53. The first kappa shape index (κ1) is 17.8. The second-order valence-electron chi connectivity index (χ2n) is 6.88. The Balaban J connectivity index is 1.65. The Kier molecular flexibility index (Phi) is 4.75. The molecule has 1 aliphatic rings. The maximum atomic E-state index is 12.9. The van der Waals surface area contributed by atoms with Crippen molar-refractivity contribution in [2.24, 2.45) is 5.92 Å². The molecule has 3 aromatic rings. The van der Waals surface area contributed by atoms with Crippen LogP contribution in [0, 0.1) is 12.8 Å². The molecule has 3 aromatic heterocycles. The summed E-state index contributed by atoms with van der Waals surface area (Å²) in [5.74, 6) is 0.491. The van der Waals surface area contributed by atoms with Crippen LogP contribution in [0.3, 0.4) is 0 Å². The summed E-state index contributed by atoms with van der Waals surface area (Å²) in [6.45, 7) is 5.25. The molecule has 8 heteroatoms. The molecule has 1 atom stereocenters. The number of hydrogen-bond donors (Lipinski definition) is 2. The molecule has 0 radical (unpaired) electrons. The Labute approximate surface area is 161 Å². The molecule has 0 bridgehead atoms. The van der Waals surface area contributed by atoms with Gasteiger partial charge >= 0.3 is 0 Å². The first-order chi connectivity index (χ1) is 13.0. The molecule has 0 aliphatic carbocycles. The molecule has 7 nitrogen and oxygen atoms in total. The number of anilines is 1. The number of aryl methyl sites for hydroxylation is 1. The van der Waals surface area contributed by atoms with E-state index in [1.807, 2.05) is 32.0 Å². The lowest BCUT2D eigenvalue weighted by molar-refractivity contribution is 0.0359. The summed E-state index contributed by atoms with van der Waals surface area (Å²) < 4.78 is 0.810. The predicted molar refractivity (Wildman–Crippen MR) is 105 cm³/mol. The molecule has 1 amide bonds. The van der Waals surface area contributed by atoms with Crippen LogP contribution in [0.15, 0.2) is 30.6 Å². The highest BCUT2D eigenvalue weighted by atomic mass is 32.1. The maximum absolute atomic E-state index is 12.9. The van der Waals surface area contributed by atoms with Crippen molar-refractivity contribution < 1.29 is 9.90 Å². The number of amides is 1. The highest BCUT2D eigenvalue weighted by Crippen LogP contribution is 2.30. The molecule has 1 aliphatic heterocycles. The van der Waals surface area contributed by atoms with Crippen molar-refractivity contribution in [1.29, 1.82) is 0 Å². The zero-order valence-corrected chi connectivity index (χ0v) is 16.0. The van der Waals surface area contributed by atoms with E-state index in [9.17, 15) is 9.90 Å². The second kappa shape index (κ2) is 7.21. The first-order valence-electron chi connectivity index (χ1n) is 8.90. The maximum Gasteiger partial charge on any atom is 0.274 e. The molecule has 0 spiro atoms. The van der Waals surface area contributed by atoms with Gasteiger partial charge in [-0.1, -0.05) is 6.07 Å². The Bertz CT molecular complexity index is 969. The van der Waals surface area contributed by atoms with Gasteiger partial charge in [-0.15, -0.1) is 11.3 Å². The number of nitrogens with zero attached hydrogens (tertiary/aromatic N) is 4. The Hall–Kier alpha value is -2.58. The number of fused-ring (bicyclic) bond motifs is 1. The number of aliphatic hydroxyl groups is 1. The minimum absolute atomic E-state index is 0.0402. The fraction of sp³-hybridized carbons (Fsp3) is 0.368. The molecule has 4 rings (SSSR count). The SMILES string of the molecule is Cc1cc2nc(NC(C)c3cccnc3)nc(C(=O)N3CC(CO)C3)c2s1. The topological polar surface area (TPSA) is 91.2 Å². The summed E-state index contributed by atoms with van der Waals surface area (Å²) >= 11 is 1.53. The summed E-state index contributed by atoms with van der Waals surface area (Å²) in [5.41, 5.74) is 2.22. The van der Waals surface area contributed by atoms with Gasteiger partial charge in [-0.2, -0.15) is 0 Å². The minimum atomic E-state index is -0.106. The minimum Gasteiger partial charge on any atom is -0.396 e. The van der Waals surface area contributed by atoms with E-state index in [4.69, 9.17) is 0 Å². The van der Waals surface area contributed by atoms with Crippen molar-refractivity contribution in [3.63, 3.8) is 0 Å². The Morgan fingerprint density at radius 2 is 2.26 bits per heavy atom. The molecule has 0 saturated carbocycles. The lowest BCUT2D eigenvalue weighted by Crippen LogP contribution is -2.51. The average molecular weight is 383 g/mol. The third-order valence-electron chi connectivity index (χ3n) is 4.73. The number of aliphatic hydroxyl groups excluding tert-OH is 1. The van der Waals surface area contributed by atoms with Crippen molar-refractivity contribution in [2.75, 3.05) is 25.0 Å². The van der Waals surface area contributed by atoms with E-state index in [0.29, 0.717) is 24.7 Å². The highest BCUT2D eigenvalue weighted by molar-refractivity contribution is 7.19. The van der Waals surface area contributed by atoms with Crippen LogP contribution in [0.1, 0.15) is 33.9 Å². The van der Waals surface area contributed by atoms with Gasteiger partial charge in [0.2, 0.25) is 5.95 Å². The van der Waals surface area contributed by atoms with Crippen molar-refractivity contribution in [3.05, 3.63) is 46.7 Å². The van der Waals surface area contributed by atoms with Crippen LogP contribution in [-0.2, 0) is 0 Å². The Morgan fingerprint density at radius 1 is 1.44 bits per heavy atom. The molecule has 1 unspecified atom stereocenters. The lowest BCUT2D eigenvalue weighted by Gasteiger charge is -2.38. The highest BCUT2D eigenvalue weighted by Gasteiger charge is 2.33. The van der Waals surface area contributed by atoms with Gasteiger partial charge in [0.1, 0.15) is 0 Å². The van der Waals surface area contributed by atoms with E-state index in [1.54, 1.807) is 17.3 Å². The van der Waals surface area contributed by atoms with Crippen LogP contribution in [0.2, 0.25) is 0 Å². The van der Waals surface area contributed by atoms with E-state index in [0.717, 1.165) is 20.7 Å². The number of carbonyl (C=O) groups excluding carboxylic acids is 1. The van der Waals surface area contributed by atoms with Crippen molar-refractivity contribution in [2.45, 2.75) is 19.9 Å². The van der Waals surface area contributed by atoms with Gasteiger partial charge < -0.3 is 15.3 Å². The predicted octanol–water partition coefficient (Wildman–Crippen LogP) is 2.63. The quantitative estimate of drug-likeness (QED) is 0.704. The number of carbonyl (C=O) groups is 1. The van der Waals surface area contributed by atoms with Gasteiger partial charge in [-0.3, -0.25) is 9.78 Å². The first-order valence-corrected chi connectivity index (χ1v) is 9.71. The largest absolute Gasteiger partial charge is 0.396 e. The van der Waals surface area contributed by atoms with Gasteiger partial charge in [-0.25, -0.2) is 9.97 Å². The van der Waals surface area contributed by atoms with Crippen LogP contribution < -0.4 is 5.32 Å². The summed E-state index contributed by atoms with van der Waals surface area (Å²) in [5, 5.41) is 12.5. The number of hydrogen-bond acceptors (Lipinski definition) is 7. The molecular formula is C19H21N5O2S. The number of likely N-dealkylation sites (tertiary alicyclic amines) is 1. The summed E-state index contributed by atoms with van der Waals surface area (Å²) in [6, 6.07) is 5.81. The normalized spacial score (nSPS) is 15.6. The van der Waals surface area contributed by atoms with E-state index in [-0.39, 0.29) is 24.5 Å². The lowest BCUT2D eigenvalue weighted by atomic mass is 10.0. The number of rotatable bonds is 5. The molecule has 2 N–H and O–H groups in total. The van der Waals surface area contributed by atoms with Crippen LogP contribution in [-0.4, -0.2) is 50.6 Å². The fourth-order valence-electron chi connectivity index (χ4n) is 3.17. The van der Waals surface area contributed by atoms with Gasteiger partial charge in [-0.05, 0) is 31.5 Å². The van der Waals surface area contributed by atoms with E-state index < -0.39 is 0 Å². The van der Waals surface area contributed by atoms with Gasteiger partial charge in [0.25, 0.3) is 5.91 Å². The van der Waals surface area contributed by atoms with E-state index in [2.05, 4.69) is 20.3 Å². The zero-order valence-electron chi connectivity index (χ0n) is 15.2. The second-order valence-corrected chi connectivity index (χ2v) is 8.13. The number of thiophene rings is 1. The van der Waals surface area contributed by atoms with Gasteiger partial charge in [0, 0.05) is 42.9 Å². The average Bonchev–Trinajstić information content (AvgIpc) is 3.00. The van der Waals surface area contributed by atoms with Crippen LogP contribution >= 0.6 is 11.3 Å². The van der Waals surface area contributed by atoms with Crippen LogP contribution in [0.5, 0.6) is 0 Å². The van der Waals surface area contributed by atoms with E-state index in [1.165, 1.54) is 11.3 Å². The van der Waals surface area contributed by atoms with Gasteiger partial charge in [0.15, 0.2) is 5.69 Å². The zero-order chi connectivity index (χ0) is 19.0. The standard InChI is InChI=1S/C19H21N5O2S/c1-11-6-15-17(27-11)16(18(26)24-8-13(9-24)10-25)23-19(22-15)21-12(2)14-4-3-5-20-7-14/h3-7,12-13,25H,8-10H2,1-2H3,(H,21,22,23). The monoisotopic (exact) mass is 383 g/mol. The molecule has 140 valence electrons. The Morgan fingerprint density at radius 3 is 2.96 bits per heavy atom. The molecule has 1 fully saturated rings. The molecule has 0 aromatic carbocycles. The molecular weight excluding hydrogens is 362 g/mol. The summed E-state index contributed by atoms with van der Waals surface area (Å²) in [7, 11) is 0. The van der Waals surface area contributed by atoms with Crippen LogP contribution in [0.25, 0.3) is 10.2 Å². The molecule has 4 heterocycles. The molecule has 27 heavy (non-hydrogen) atoms. The third kappa shape index (κ3) is 3.50. The van der Waals surface area contributed by atoms with E-state index >= 15 is 0 Å². The smallest absolute Gasteiger partial charge is 0.274 e. The van der Waals surface area contributed by atoms with Crippen molar-refractivity contribution in [1.82, 2.24) is 19.9 Å². The number of nitrogens with one attached hydrogen (secondary N) is 1. The summed E-state index contributed by atoms with van der Waals surface area (Å²) in [4.78, 5) is 29.0. The third-order valence-corrected chi connectivity index (χ3v) is 5.78. The van der Waals surface area contributed by atoms with Crippen LogP contribution in [0.4, 0.5) is 5.95 Å². The number of pyridine rings is 1. The fourth-order valence-corrected chi connectivity index (χ4v) is 4.10. The molecule has 1 saturated heterocycles. The number of aromatic nitrogens is 3. The van der Waals surface area contributed by atoms with Crippen molar-refractivity contribution >= 4 is 33.4 Å².